The van der Waals surface area contributed by atoms with Crippen molar-refractivity contribution in [1.82, 2.24) is 30.7 Å². The van der Waals surface area contributed by atoms with Gasteiger partial charge in [-0.3, -0.25) is 33.6 Å². The minimum Gasteiger partial charge on any atom is -0.459 e. The van der Waals surface area contributed by atoms with Gasteiger partial charge < -0.3 is 50.8 Å². The topological polar surface area (TPSA) is 260 Å². The van der Waals surface area contributed by atoms with Crippen LogP contribution in [-0.4, -0.2) is 138 Å². The molecular formula is C66H67ClN8O11. The quantitative estimate of drug-likeness (QED) is 0.0205. The second-order valence-electron chi connectivity index (χ2n) is 22.8. The number of fused-ring (bicyclic) bond motifs is 7. The molecule has 6 amide bonds. The summed E-state index contributed by atoms with van der Waals surface area (Å²) in [6.07, 6.45) is -1.07. The molecule has 0 spiro atoms. The summed E-state index contributed by atoms with van der Waals surface area (Å²) in [5.74, 6) is -5.89. The van der Waals surface area contributed by atoms with Crippen LogP contribution in [0.25, 0.3) is 32.8 Å². The first-order chi connectivity index (χ1) is 41.3. The number of esters is 1. The van der Waals surface area contributed by atoms with Crippen molar-refractivity contribution in [1.29, 1.82) is 0 Å². The molecule has 4 atom stereocenters. The van der Waals surface area contributed by atoms with Crippen molar-refractivity contribution in [2.75, 3.05) is 57.2 Å². The molecule has 1 saturated heterocycles. The van der Waals surface area contributed by atoms with Gasteiger partial charge in [-0.15, -0.1) is 11.6 Å². The van der Waals surface area contributed by atoms with Crippen molar-refractivity contribution in [2.45, 2.75) is 76.4 Å². The Hall–Kier alpha value is -9.20. The van der Waals surface area contributed by atoms with E-state index in [0.29, 0.717) is 59.0 Å². The van der Waals surface area contributed by atoms with Crippen molar-refractivity contribution in [3.05, 3.63) is 166 Å². The van der Waals surface area contributed by atoms with Crippen LogP contribution in [0.2, 0.25) is 0 Å². The van der Waals surface area contributed by atoms with Gasteiger partial charge in [0.25, 0.3) is 11.7 Å². The molecule has 1 aromatic heterocycles. The number of piperazine rings is 1. The molecule has 1 fully saturated rings. The highest BCUT2D eigenvalue weighted by Gasteiger charge is 2.38. The molecule has 3 heterocycles. The van der Waals surface area contributed by atoms with Gasteiger partial charge in [0, 0.05) is 84.8 Å². The third-order valence-electron chi connectivity index (χ3n) is 16.1. The fourth-order valence-electron chi connectivity index (χ4n) is 11.7. The number of nitrogens with one attached hydrogen (secondary N) is 4. The zero-order valence-electron chi connectivity index (χ0n) is 48.2. The lowest BCUT2D eigenvalue weighted by atomic mass is 9.95. The van der Waals surface area contributed by atoms with Crippen molar-refractivity contribution in [2.24, 2.45) is 11.7 Å². The van der Waals surface area contributed by atoms with E-state index in [9.17, 15) is 43.2 Å². The van der Waals surface area contributed by atoms with E-state index in [1.165, 1.54) is 6.92 Å². The number of aromatic nitrogens is 1. The predicted octanol–water partition coefficient (Wildman–Crippen LogP) is 7.34. The zero-order chi connectivity index (χ0) is 60.9. The highest BCUT2D eigenvalue weighted by molar-refractivity contribution is 6.36. The number of hydrogen-bond acceptors (Lipinski definition) is 12. The van der Waals surface area contributed by atoms with Gasteiger partial charge in [0.05, 0.1) is 24.6 Å². The first-order valence-electron chi connectivity index (χ1n) is 28.7. The van der Waals surface area contributed by atoms with Gasteiger partial charge in [-0.1, -0.05) is 117 Å². The maximum Gasteiger partial charge on any atom is 0.415 e. The summed E-state index contributed by atoms with van der Waals surface area (Å²) in [6, 6.07) is 34.5. The maximum atomic E-state index is 14.5. The lowest BCUT2D eigenvalue weighted by Crippen LogP contribution is -2.57. The average Bonchev–Trinajstić information content (AvgIpc) is 1.74. The van der Waals surface area contributed by atoms with Crippen LogP contribution in [0.1, 0.15) is 94.1 Å². The Morgan fingerprint density at radius 2 is 1.35 bits per heavy atom. The van der Waals surface area contributed by atoms with E-state index >= 15 is 0 Å². The number of carbonyl (C=O) groups excluding carboxylic acids is 9. The van der Waals surface area contributed by atoms with E-state index in [1.54, 1.807) is 46.2 Å². The number of alkyl halides is 1. The fourth-order valence-corrected chi connectivity index (χ4v) is 11.9. The van der Waals surface area contributed by atoms with E-state index in [0.717, 1.165) is 57.1 Å². The number of halogens is 1. The molecule has 7 aromatic rings. The summed E-state index contributed by atoms with van der Waals surface area (Å²) >= 11 is 6.57. The monoisotopic (exact) mass is 1180 g/mol. The molecule has 86 heavy (non-hydrogen) atoms. The number of carbonyl (C=O) groups is 9. The summed E-state index contributed by atoms with van der Waals surface area (Å²) in [4.78, 5) is 130. The molecule has 6 N–H and O–H groups in total. The highest BCUT2D eigenvalue weighted by atomic mass is 35.5. The van der Waals surface area contributed by atoms with E-state index in [2.05, 4.69) is 25.8 Å². The Labute approximate surface area is 501 Å². The van der Waals surface area contributed by atoms with Crippen LogP contribution in [0.15, 0.2) is 127 Å². The van der Waals surface area contributed by atoms with Gasteiger partial charge in [0.2, 0.25) is 23.6 Å². The molecule has 0 bridgehead atoms. The Kier molecular flexibility index (Phi) is 18.1. The number of rotatable bonds is 21. The minimum absolute atomic E-state index is 0.0401. The number of aromatic amines is 1. The lowest BCUT2D eigenvalue weighted by Gasteiger charge is -2.31. The molecule has 0 radical (unpaired) electrons. The minimum atomic E-state index is -1.56. The standard InChI is InChI=1S/C66H67ClN8O11/c1-37(2)27-52(63(81)72-53(32-58(68)77)62(80)69-38(3)61(79)65(83)85-36-50-46-13-7-5-11-44(46)45-12-6-8-14-47(45)50)71-59(78)30-39-17-20-41(21-18-39)56(76)29-40-19-22-51-42(28-40)31-54(70-51)64(82)75-35-43(34-67)60-49-16-10-9-15-48(49)57(33-55(60)75)86-66(84)74-25-23-73(4)24-26-74/h5-22,28,31,33,37-38,43,50,52-53,70H,23-27,29-30,32,34-36H2,1-4H3,(H2,68,77)(H,69,80)(H,71,78)(H,72,81)/t38?,43-,52+,53+/m1/s1. The third-order valence-corrected chi connectivity index (χ3v) is 16.5. The van der Waals surface area contributed by atoms with Crippen molar-refractivity contribution in [3.63, 3.8) is 0 Å². The van der Waals surface area contributed by atoms with E-state index < -0.39 is 66.0 Å². The van der Waals surface area contributed by atoms with Gasteiger partial charge in [-0.05, 0) is 88.8 Å². The maximum absolute atomic E-state index is 14.5. The Morgan fingerprint density at radius 3 is 2.01 bits per heavy atom. The number of benzene rings is 6. The first kappa shape index (κ1) is 59.9. The predicted molar refractivity (Wildman–Crippen MR) is 325 cm³/mol. The van der Waals surface area contributed by atoms with Gasteiger partial charge in [-0.2, -0.15) is 0 Å². The van der Waals surface area contributed by atoms with Crippen LogP contribution < -0.4 is 31.3 Å². The SMILES string of the molecule is CC(C)C[C@H](NC(=O)Cc1ccc(C(=O)Cc2ccc3[nH]c(C(=O)N4C[C@@H](CCl)c5c4cc(OC(=O)N4CCN(C)CC4)c4ccccc54)cc3c2)cc1)C(=O)N[C@@H](CC(N)=O)C(=O)NC(C)C(=O)C(=O)OCC1c2ccccc2-c2ccccc21. The number of likely N-dealkylation sites (N-methyl/N-ethyl adjacent to an activating group) is 1. The number of primary amides is 1. The van der Waals surface area contributed by atoms with Crippen LogP contribution in [-0.2, 0) is 46.3 Å². The van der Waals surface area contributed by atoms with Gasteiger partial charge in [0.15, 0.2) is 5.78 Å². The molecule has 2 aliphatic heterocycles. The van der Waals surface area contributed by atoms with Crippen LogP contribution in [0.5, 0.6) is 5.75 Å². The Morgan fingerprint density at radius 1 is 0.709 bits per heavy atom. The van der Waals surface area contributed by atoms with Crippen LogP contribution in [0.4, 0.5) is 10.5 Å². The number of ether oxygens (including phenoxy) is 2. The van der Waals surface area contributed by atoms with Crippen molar-refractivity contribution < 1.29 is 52.6 Å². The van der Waals surface area contributed by atoms with Crippen LogP contribution >= 0.6 is 11.6 Å². The zero-order valence-corrected chi connectivity index (χ0v) is 48.9. The van der Waals surface area contributed by atoms with Gasteiger partial charge >= 0.3 is 12.1 Å². The number of hydrogen-bond donors (Lipinski definition) is 5. The lowest BCUT2D eigenvalue weighted by molar-refractivity contribution is -0.155. The summed E-state index contributed by atoms with van der Waals surface area (Å²) in [5.41, 5.74) is 13.6. The summed E-state index contributed by atoms with van der Waals surface area (Å²) in [7, 11) is 2.01. The third kappa shape index (κ3) is 13.2. The number of anilines is 1. The highest BCUT2D eigenvalue weighted by Crippen LogP contribution is 2.47. The smallest absolute Gasteiger partial charge is 0.415 e. The summed E-state index contributed by atoms with van der Waals surface area (Å²) in [5, 5.41) is 9.96. The van der Waals surface area contributed by atoms with Gasteiger partial charge in [0.1, 0.15) is 30.1 Å². The molecule has 444 valence electrons. The second-order valence-corrected chi connectivity index (χ2v) is 23.1. The first-order valence-corrected chi connectivity index (χ1v) is 29.3. The molecule has 1 aliphatic carbocycles. The number of H-pyrrole nitrogens is 1. The fraction of sp³-hybridized carbons (Fsp3) is 0.318. The molecule has 3 aliphatic rings. The number of amides is 6. The number of nitrogens with zero attached hydrogens (tertiary/aromatic N) is 3. The van der Waals surface area contributed by atoms with E-state index in [-0.39, 0.29) is 61.2 Å². The normalized spacial score (nSPS) is 15.7. The summed E-state index contributed by atoms with van der Waals surface area (Å²) in [6.45, 7) is 7.70. The Bertz CT molecular complexity index is 3770. The van der Waals surface area contributed by atoms with E-state index in [4.69, 9.17) is 26.8 Å². The summed E-state index contributed by atoms with van der Waals surface area (Å²) < 4.78 is 11.6. The molecule has 0 saturated carbocycles. The largest absolute Gasteiger partial charge is 0.459 e. The Balaban J connectivity index is 0.735. The number of Topliss-reactive ketones (excluding diaryl/α,β-unsaturated/α-hetero) is 2. The molecule has 10 rings (SSSR count). The molecule has 20 heteroatoms. The van der Waals surface area contributed by atoms with Gasteiger partial charge in [-0.25, -0.2) is 9.59 Å². The van der Waals surface area contributed by atoms with Crippen LogP contribution in [0.3, 0.4) is 0 Å². The molecule has 19 nitrogen and oxygen atoms in total. The van der Waals surface area contributed by atoms with E-state index in [1.807, 2.05) is 112 Å². The molecule has 1 unspecified atom stereocenters. The number of nitrogens with two attached hydrogens (primary N) is 1. The van der Waals surface area contributed by atoms with Crippen molar-refractivity contribution >= 4 is 92.1 Å². The van der Waals surface area contributed by atoms with Crippen molar-refractivity contribution in [3.8, 4) is 16.9 Å². The molecular weight excluding hydrogens is 1120 g/mol. The molecule has 6 aromatic carbocycles. The number of ketones is 2. The average molecular weight is 1180 g/mol. The van der Waals surface area contributed by atoms with Crippen LogP contribution in [0, 0.1) is 5.92 Å². The second kappa shape index (κ2) is 26.0.